The molecule has 2 atom stereocenters. The number of rotatable bonds is 5. The Morgan fingerprint density at radius 2 is 1.69 bits per heavy atom. The molecule has 0 aliphatic carbocycles. The number of benzene rings is 2. The summed E-state index contributed by atoms with van der Waals surface area (Å²) in [6, 6.07) is 14.7. The van der Waals surface area contributed by atoms with E-state index in [1.165, 1.54) is 12.1 Å². The fourth-order valence-electron chi connectivity index (χ4n) is 3.85. The van der Waals surface area contributed by atoms with Gasteiger partial charge < -0.3 is 9.57 Å². The van der Waals surface area contributed by atoms with E-state index in [4.69, 9.17) is 9.57 Å². The lowest BCUT2D eigenvalue weighted by Gasteiger charge is -2.34. The van der Waals surface area contributed by atoms with Gasteiger partial charge in [0.2, 0.25) is 0 Å². The Morgan fingerprint density at radius 1 is 1.00 bits per heavy atom. The van der Waals surface area contributed by atoms with Crippen LogP contribution in [-0.2, 0) is 11.0 Å². The molecule has 2 aliphatic heterocycles. The standard InChI is InChI=1S/C22H23F3N2O2/c23-22(24,25)17-10-8-16(9-11-17)21-20(27-12-4-5-13-27)14-19(29-26-21)15-28-18-6-2-1-3-7-18/h1-3,6-11,19-20H,4-5,12-15H2. The highest BCUT2D eigenvalue weighted by molar-refractivity contribution is 6.04. The van der Waals surface area contributed by atoms with Gasteiger partial charge in [-0.15, -0.1) is 0 Å². The Bertz CT molecular complexity index is 831. The summed E-state index contributed by atoms with van der Waals surface area (Å²) >= 11 is 0. The van der Waals surface area contributed by atoms with E-state index in [0.717, 1.165) is 43.8 Å². The maximum Gasteiger partial charge on any atom is 0.416 e. The van der Waals surface area contributed by atoms with E-state index in [0.29, 0.717) is 24.3 Å². The van der Waals surface area contributed by atoms with E-state index < -0.39 is 11.7 Å². The van der Waals surface area contributed by atoms with Crippen molar-refractivity contribution in [2.75, 3.05) is 19.7 Å². The van der Waals surface area contributed by atoms with Crippen molar-refractivity contribution >= 4 is 5.71 Å². The normalized spacial score (nSPS) is 22.8. The molecule has 154 valence electrons. The third-order valence-electron chi connectivity index (χ3n) is 5.37. The van der Waals surface area contributed by atoms with Crippen molar-refractivity contribution in [3.63, 3.8) is 0 Å². The third-order valence-corrected chi connectivity index (χ3v) is 5.37. The highest BCUT2D eigenvalue weighted by atomic mass is 19.4. The smallest absolute Gasteiger partial charge is 0.416 e. The maximum atomic E-state index is 12.9. The van der Waals surface area contributed by atoms with Crippen molar-refractivity contribution < 1.29 is 22.7 Å². The molecule has 1 saturated heterocycles. The van der Waals surface area contributed by atoms with Gasteiger partial charge in [0.1, 0.15) is 18.1 Å². The van der Waals surface area contributed by atoms with E-state index >= 15 is 0 Å². The van der Waals surface area contributed by atoms with Gasteiger partial charge in [-0.25, -0.2) is 0 Å². The van der Waals surface area contributed by atoms with Crippen LogP contribution < -0.4 is 4.74 Å². The zero-order valence-corrected chi connectivity index (χ0v) is 15.9. The SMILES string of the molecule is FC(F)(F)c1ccc(C2=NOC(COc3ccccc3)CC2N2CCCC2)cc1. The molecule has 0 saturated carbocycles. The average Bonchev–Trinajstić information content (AvgIpc) is 3.27. The minimum Gasteiger partial charge on any atom is -0.490 e. The van der Waals surface area contributed by atoms with Crippen molar-refractivity contribution in [2.24, 2.45) is 5.16 Å². The van der Waals surface area contributed by atoms with Crippen LogP contribution in [0, 0.1) is 0 Å². The van der Waals surface area contributed by atoms with E-state index in [-0.39, 0.29) is 12.1 Å². The summed E-state index contributed by atoms with van der Waals surface area (Å²) < 4.78 is 44.5. The Hall–Kier alpha value is -2.54. The molecule has 2 aromatic rings. The molecular formula is C22H23F3N2O2. The second kappa shape index (κ2) is 8.45. The lowest BCUT2D eigenvalue weighted by molar-refractivity contribution is -0.137. The molecule has 4 rings (SSSR count). The molecule has 0 radical (unpaired) electrons. The van der Waals surface area contributed by atoms with Gasteiger partial charge in [0.05, 0.1) is 11.6 Å². The third kappa shape index (κ3) is 4.72. The number of para-hydroxylation sites is 1. The number of ether oxygens (including phenoxy) is 1. The number of hydrogen-bond acceptors (Lipinski definition) is 4. The minimum absolute atomic E-state index is 0.00681. The second-order valence-electron chi connectivity index (χ2n) is 7.40. The van der Waals surface area contributed by atoms with Crippen molar-refractivity contribution in [1.82, 2.24) is 4.90 Å². The molecule has 4 nitrogen and oxygen atoms in total. The first-order valence-corrected chi connectivity index (χ1v) is 9.84. The van der Waals surface area contributed by atoms with Gasteiger partial charge in [0, 0.05) is 12.0 Å². The van der Waals surface area contributed by atoms with E-state index in [9.17, 15) is 13.2 Å². The summed E-state index contributed by atoms with van der Waals surface area (Å²) in [4.78, 5) is 8.01. The van der Waals surface area contributed by atoms with Crippen LogP contribution in [0.1, 0.15) is 30.4 Å². The van der Waals surface area contributed by atoms with Crippen LogP contribution in [0.2, 0.25) is 0 Å². The van der Waals surface area contributed by atoms with Gasteiger partial charge in [-0.05, 0) is 50.2 Å². The summed E-state index contributed by atoms with van der Waals surface area (Å²) in [6.45, 7) is 2.28. The van der Waals surface area contributed by atoms with Crippen LogP contribution in [0.25, 0.3) is 0 Å². The number of halogens is 3. The van der Waals surface area contributed by atoms with Crippen LogP contribution in [0.15, 0.2) is 59.8 Å². The molecule has 7 heteroatoms. The molecule has 2 heterocycles. The predicted octanol–water partition coefficient (Wildman–Crippen LogP) is 4.74. The highest BCUT2D eigenvalue weighted by Gasteiger charge is 2.35. The molecule has 2 aliphatic rings. The van der Waals surface area contributed by atoms with Gasteiger partial charge in [0.25, 0.3) is 0 Å². The summed E-state index contributed by atoms with van der Waals surface area (Å²) in [5.41, 5.74) is 0.694. The van der Waals surface area contributed by atoms with Gasteiger partial charge in [-0.1, -0.05) is 35.5 Å². The fraction of sp³-hybridized carbons (Fsp3) is 0.409. The van der Waals surface area contributed by atoms with Gasteiger partial charge in [-0.2, -0.15) is 13.2 Å². The first-order chi connectivity index (χ1) is 14.0. The van der Waals surface area contributed by atoms with Gasteiger partial charge >= 0.3 is 6.18 Å². The molecule has 0 aromatic heterocycles. The quantitative estimate of drug-likeness (QED) is 0.722. The molecule has 2 aromatic carbocycles. The lowest BCUT2D eigenvalue weighted by atomic mass is 9.95. The highest BCUT2D eigenvalue weighted by Crippen LogP contribution is 2.31. The van der Waals surface area contributed by atoms with E-state index in [2.05, 4.69) is 10.1 Å². The number of alkyl halides is 3. The van der Waals surface area contributed by atoms with E-state index in [1.54, 1.807) is 0 Å². The van der Waals surface area contributed by atoms with Crippen LogP contribution in [0.5, 0.6) is 5.75 Å². The van der Waals surface area contributed by atoms with Crippen molar-refractivity contribution in [3.8, 4) is 5.75 Å². The summed E-state index contributed by atoms with van der Waals surface area (Å²) in [6.07, 6.45) is -1.64. The minimum atomic E-state index is -4.35. The zero-order valence-electron chi connectivity index (χ0n) is 15.9. The van der Waals surface area contributed by atoms with Crippen molar-refractivity contribution in [2.45, 2.75) is 37.6 Å². The summed E-state index contributed by atoms with van der Waals surface area (Å²) in [5, 5.41) is 4.33. The molecule has 0 spiro atoms. The van der Waals surface area contributed by atoms with Crippen molar-refractivity contribution in [3.05, 3.63) is 65.7 Å². The second-order valence-corrected chi connectivity index (χ2v) is 7.40. The molecule has 29 heavy (non-hydrogen) atoms. The average molecular weight is 404 g/mol. The van der Waals surface area contributed by atoms with Crippen LogP contribution in [0.4, 0.5) is 13.2 Å². The monoisotopic (exact) mass is 404 g/mol. The van der Waals surface area contributed by atoms with Crippen LogP contribution >= 0.6 is 0 Å². The first kappa shape index (κ1) is 19.8. The zero-order chi connectivity index (χ0) is 20.3. The predicted molar refractivity (Wildman–Crippen MR) is 104 cm³/mol. The number of oxime groups is 1. The number of likely N-dealkylation sites (tertiary alicyclic amines) is 1. The summed E-state index contributed by atoms with van der Waals surface area (Å²) in [5.74, 6) is 0.770. The number of hydrogen-bond donors (Lipinski definition) is 0. The van der Waals surface area contributed by atoms with E-state index in [1.807, 2.05) is 30.3 Å². The Balaban J connectivity index is 1.51. The van der Waals surface area contributed by atoms with Crippen molar-refractivity contribution in [1.29, 1.82) is 0 Å². The number of nitrogens with zero attached hydrogens (tertiary/aromatic N) is 2. The first-order valence-electron chi connectivity index (χ1n) is 9.84. The topological polar surface area (TPSA) is 34.1 Å². The molecule has 0 bridgehead atoms. The Morgan fingerprint density at radius 3 is 2.34 bits per heavy atom. The van der Waals surface area contributed by atoms with Crippen LogP contribution in [0.3, 0.4) is 0 Å². The maximum absolute atomic E-state index is 12.9. The largest absolute Gasteiger partial charge is 0.490 e. The Labute approximate surface area is 167 Å². The fourth-order valence-corrected chi connectivity index (χ4v) is 3.85. The summed E-state index contributed by atoms with van der Waals surface area (Å²) in [7, 11) is 0. The van der Waals surface area contributed by atoms with Gasteiger partial charge in [-0.3, -0.25) is 4.90 Å². The van der Waals surface area contributed by atoms with Crippen LogP contribution in [-0.4, -0.2) is 42.5 Å². The molecular weight excluding hydrogens is 381 g/mol. The molecule has 0 N–H and O–H groups in total. The molecule has 1 fully saturated rings. The molecule has 0 amide bonds. The molecule has 2 unspecified atom stereocenters. The lowest BCUT2D eigenvalue weighted by Crippen LogP contribution is -2.46. The Kier molecular flexibility index (Phi) is 5.76. The van der Waals surface area contributed by atoms with Gasteiger partial charge in [0.15, 0.2) is 6.10 Å².